The fourth-order valence-electron chi connectivity index (χ4n) is 4.18. The van der Waals surface area contributed by atoms with Crippen LogP contribution in [0.1, 0.15) is 63.2 Å². The molecule has 0 spiro atoms. The molecule has 6 nitrogen and oxygen atoms in total. The summed E-state index contributed by atoms with van der Waals surface area (Å²) in [5.41, 5.74) is 0.926. The van der Waals surface area contributed by atoms with Gasteiger partial charge in [-0.2, -0.15) is 0 Å². The smallest absolute Gasteiger partial charge is 0.253 e. The van der Waals surface area contributed by atoms with Crippen molar-refractivity contribution in [1.82, 2.24) is 10.2 Å². The predicted molar refractivity (Wildman–Crippen MR) is 109 cm³/mol. The first-order valence-electron chi connectivity index (χ1n) is 10.4. The van der Waals surface area contributed by atoms with Crippen LogP contribution in [0.2, 0.25) is 0 Å². The van der Waals surface area contributed by atoms with Gasteiger partial charge in [0.25, 0.3) is 5.91 Å². The first kappa shape index (κ1) is 20.4. The van der Waals surface area contributed by atoms with Crippen molar-refractivity contribution in [2.75, 3.05) is 11.9 Å². The third kappa shape index (κ3) is 4.72. The molecule has 1 saturated heterocycles. The van der Waals surface area contributed by atoms with Gasteiger partial charge in [0, 0.05) is 25.0 Å². The van der Waals surface area contributed by atoms with Crippen LogP contribution in [0, 0.1) is 11.8 Å². The van der Waals surface area contributed by atoms with Gasteiger partial charge in [-0.1, -0.05) is 19.1 Å². The van der Waals surface area contributed by atoms with Gasteiger partial charge in [0.1, 0.15) is 0 Å². The van der Waals surface area contributed by atoms with Crippen LogP contribution in [0.25, 0.3) is 0 Å². The summed E-state index contributed by atoms with van der Waals surface area (Å²) in [6.07, 6.45) is 4.59. The number of hydrogen-bond donors (Lipinski definition) is 2. The van der Waals surface area contributed by atoms with Crippen LogP contribution in [0.15, 0.2) is 24.3 Å². The fraction of sp³-hybridized carbons (Fsp3) is 0.591. The molecule has 0 bridgehead atoms. The lowest BCUT2D eigenvalue weighted by Gasteiger charge is -2.33. The lowest BCUT2D eigenvalue weighted by Crippen LogP contribution is -2.39. The highest BCUT2D eigenvalue weighted by atomic mass is 16.2. The number of amides is 3. The second-order valence-corrected chi connectivity index (χ2v) is 8.52. The van der Waals surface area contributed by atoms with Crippen molar-refractivity contribution in [2.24, 2.45) is 11.8 Å². The summed E-state index contributed by atoms with van der Waals surface area (Å²) in [7, 11) is 0. The molecule has 1 aromatic carbocycles. The largest absolute Gasteiger partial charge is 0.350 e. The van der Waals surface area contributed by atoms with E-state index in [0.717, 1.165) is 31.6 Å². The number of para-hydroxylation sites is 1. The van der Waals surface area contributed by atoms with Crippen molar-refractivity contribution in [2.45, 2.75) is 65.0 Å². The summed E-state index contributed by atoms with van der Waals surface area (Å²) in [6, 6.07) is 7.26. The highest BCUT2D eigenvalue weighted by molar-refractivity contribution is 6.05. The number of anilines is 1. The molecule has 152 valence electrons. The molecule has 3 amide bonds. The van der Waals surface area contributed by atoms with Gasteiger partial charge in [-0.3, -0.25) is 14.4 Å². The topological polar surface area (TPSA) is 78.5 Å². The number of hydrogen-bond acceptors (Lipinski definition) is 3. The van der Waals surface area contributed by atoms with E-state index in [1.807, 2.05) is 18.7 Å². The van der Waals surface area contributed by atoms with Crippen LogP contribution >= 0.6 is 0 Å². The first-order valence-corrected chi connectivity index (χ1v) is 10.4. The molecule has 3 rings (SSSR count). The molecule has 28 heavy (non-hydrogen) atoms. The number of carbonyl (C=O) groups excluding carboxylic acids is 3. The molecular formula is C22H31N3O3. The van der Waals surface area contributed by atoms with E-state index in [2.05, 4.69) is 17.6 Å². The van der Waals surface area contributed by atoms with E-state index < -0.39 is 0 Å². The Hall–Kier alpha value is -2.37. The Morgan fingerprint density at radius 2 is 1.79 bits per heavy atom. The molecule has 2 aliphatic rings. The van der Waals surface area contributed by atoms with Gasteiger partial charge in [-0.05, 0) is 57.6 Å². The van der Waals surface area contributed by atoms with Crippen LogP contribution in [0.4, 0.5) is 5.69 Å². The number of likely N-dealkylation sites (tertiary alicyclic amines) is 1. The van der Waals surface area contributed by atoms with E-state index in [0.29, 0.717) is 17.8 Å². The molecule has 2 N–H and O–H groups in total. The molecule has 0 radical (unpaired) electrons. The van der Waals surface area contributed by atoms with Gasteiger partial charge in [0.2, 0.25) is 11.8 Å². The minimum Gasteiger partial charge on any atom is -0.350 e. The number of nitrogens with zero attached hydrogens (tertiary/aromatic N) is 1. The Labute approximate surface area is 167 Å². The number of benzene rings is 1. The fourth-order valence-corrected chi connectivity index (χ4v) is 4.18. The quantitative estimate of drug-likeness (QED) is 0.817. The summed E-state index contributed by atoms with van der Waals surface area (Å²) in [6.45, 7) is 6.52. The van der Waals surface area contributed by atoms with Crippen molar-refractivity contribution in [1.29, 1.82) is 0 Å². The van der Waals surface area contributed by atoms with Gasteiger partial charge in [0.15, 0.2) is 0 Å². The second kappa shape index (κ2) is 8.76. The summed E-state index contributed by atoms with van der Waals surface area (Å²) in [4.78, 5) is 39.6. The van der Waals surface area contributed by atoms with Crippen LogP contribution in [-0.2, 0) is 9.59 Å². The Kier molecular flexibility index (Phi) is 6.37. The Balaban J connectivity index is 1.64. The minimum atomic E-state index is -0.368. The number of nitrogens with one attached hydrogen (secondary N) is 2. The first-order chi connectivity index (χ1) is 13.3. The molecule has 1 heterocycles. The van der Waals surface area contributed by atoms with E-state index in [1.165, 1.54) is 0 Å². The molecule has 2 fully saturated rings. The summed E-state index contributed by atoms with van der Waals surface area (Å²) >= 11 is 0. The Morgan fingerprint density at radius 3 is 2.46 bits per heavy atom. The molecule has 1 aromatic rings. The maximum absolute atomic E-state index is 12.8. The van der Waals surface area contributed by atoms with Crippen LogP contribution in [-0.4, -0.2) is 41.2 Å². The number of carbonyl (C=O) groups is 3. The van der Waals surface area contributed by atoms with Gasteiger partial charge >= 0.3 is 0 Å². The van der Waals surface area contributed by atoms with Crippen molar-refractivity contribution in [3.05, 3.63) is 29.8 Å². The predicted octanol–water partition coefficient (Wildman–Crippen LogP) is 3.19. The highest BCUT2D eigenvalue weighted by Gasteiger charge is 2.38. The van der Waals surface area contributed by atoms with Crippen LogP contribution < -0.4 is 10.6 Å². The zero-order chi connectivity index (χ0) is 20.3. The van der Waals surface area contributed by atoms with Crippen molar-refractivity contribution >= 4 is 23.4 Å². The molecular weight excluding hydrogens is 354 g/mol. The summed E-state index contributed by atoms with van der Waals surface area (Å²) in [5.74, 6) is 0.0244. The molecule has 1 atom stereocenters. The monoisotopic (exact) mass is 385 g/mol. The Bertz CT molecular complexity index is 738. The molecule has 1 saturated carbocycles. The van der Waals surface area contributed by atoms with Crippen molar-refractivity contribution in [3.8, 4) is 0 Å². The third-order valence-corrected chi connectivity index (χ3v) is 5.80. The normalized spacial score (nSPS) is 25.1. The van der Waals surface area contributed by atoms with Crippen molar-refractivity contribution < 1.29 is 14.4 Å². The molecule has 0 aromatic heterocycles. The SMILES string of the molecule is CC1CCC(N2CC(C(=O)Nc3ccccc3C(=O)NC(C)C)CC2=O)CC1. The minimum absolute atomic E-state index is 0.00970. The zero-order valence-electron chi connectivity index (χ0n) is 17.0. The summed E-state index contributed by atoms with van der Waals surface area (Å²) < 4.78 is 0. The van der Waals surface area contributed by atoms with Gasteiger partial charge in [-0.25, -0.2) is 0 Å². The molecule has 6 heteroatoms. The average Bonchev–Trinajstić information content (AvgIpc) is 3.04. The lowest BCUT2D eigenvalue weighted by atomic mass is 9.87. The molecule has 1 aliphatic carbocycles. The van der Waals surface area contributed by atoms with E-state index >= 15 is 0 Å². The maximum Gasteiger partial charge on any atom is 0.253 e. The maximum atomic E-state index is 12.8. The molecule has 1 aliphatic heterocycles. The van der Waals surface area contributed by atoms with Crippen LogP contribution in [0.5, 0.6) is 0 Å². The Morgan fingerprint density at radius 1 is 1.11 bits per heavy atom. The zero-order valence-corrected chi connectivity index (χ0v) is 17.0. The van der Waals surface area contributed by atoms with E-state index in [-0.39, 0.29) is 42.1 Å². The summed E-state index contributed by atoms with van der Waals surface area (Å²) in [5, 5.41) is 5.73. The van der Waals surface area contributed by atoms with Gasteiger partial charge in [-0.15, -0.1) is 0 Å². The average molecular weight is 386 g/mol. The standard InChI is InChI=1S/C22H31N3O3/c1-14(2)23-22(28)18-6-4-5-7-19(18)24-21(27)16-12-20(26)25(13-16)17-10-8-15(3)9-11-17/h4-7,14-17H,8-13H2,1-3H3,(H,23,28)(H,24,27). The lowest BCUT2D eigenvalue weighted by molar-refractivity contribution is -0.130. The van der Waals surface area contributed by atoms with Crippen molar-refractivity contribution in [3.63, 3.8) is 0 Å². The van der Waals surface area contributed by atoms with E-state index in [4.69, 9.17) is 0 Å². The van der Waals surface area contributed by atoms with Crippen LogP contribution in [0.3, 0.4) is 0 Å². The second-order valence-electron chi connectivity index (χ2n) is 8.52. The highest BCUT2D eigenvalue weighted by Crippen LogP contribution is 2.31. The van der Waals surface area contributed by atoms with Gasteiger partial charge in [0.05, 0.1) is 17.2 Å². The molecule has 1 unspecified atom stereocenters. The van der Waals surface area contributed by atoms with E-state index in [9.17, 15) is 14.4 Å². The van der Waals surface area contributed by atoms with Gasteiger partial charge < -0.3 is 15.5 Å². The number of rotatable bonds is 5. The van der Waals surface area contributed by atoms with E-state index in [1.54, 1.807) is 24.3 Å². The third-order valence-electron chi connectivity index (χ3n) is 5.80.